The summed E-state index contributed by atoms with van der Waals surface area (Å²) in [5.41, 5.74) is 0.684. The highest BCUT2D eigenvalue weighted by Crippen LogP contribution is 2.20. The molecule has 0 spiro atoms. The molecule has 0 aliphatic carbocycles. The molecular formula is C16H21N3O3. The van der Waals surface area contributed by atoms with Gasteiger partial charge in [0.05, 0.1) is 12.5 Å². The summed E-state index contributed by atoms with van der Waals surface area (Å²) in [6, 6.07) is 9.13. The molecule has 1 aromatic rings. The van der Waals surface area contributed by atoms with Crippen LogP contribution >= 0.6 is 0 Å². The maximum atomic E-state index is 12.0. The third-order valence-corrected chi connectivity index (χ3v) is 3.63. The Labute approximate surface area is 129 Å². The van der Waals surface area contributed by atoms with Crippen molar-refractivity contribution in [3.8, 4) is 0 Å². The van der Waals surface area contributed by atoms with E-state index in [1.54, 1.807) is 17.0 Å². The van der Waals surface area contributed by atoms with Gasteiger partial charge in [0, 0.05) is 24.7 Å². The van der Waals surface area contributed by atoms with Crippen molar-refractivity contribution in [1.29, 1.82) is 0 Å². The van der Waals surface area contributed by atoms with Crippen LogP contribution in [0.4, 0.5) is 5.69 Å². The molecule has 0 radical (unpaired) electrons. The van der Waals surface area contributed by atoms with Gasteiger partial charge in [-0.2, -0.15) is 0 Å². The average Bonchev–Trinajstić information content (AvgIpc) is 2.88. The number of nitrogens with one attached hydrogen (secondary N) is 2. The van der Waals surface area contributed by atoms with Gasteiger partial charge in [-0.15, -0.1) is 0 Å². The Bertz CT molecular complexity index is 557. The van der Waals surface area contributed by atoms with E-state index in [9.17, 15) is 14.4 Å². The Morgan fingerprint density at radius 1 is 1.27 bits per heavy atom. The fraction of sp³-hybridized carbons (Fsp3) is 0.438. The number of rotatable bonds is 5. The molecule has 0 bridgehead atoms. The van der Waals surface area contributed by atoms with Crippen LogP contribution in [0.25, 0.3) is 0 Å². The Kier molecular flexibility index (Phi) is 5.14. The number of benzene rings is 1. The van der Waals surface area contributed by atoms with Crippen molar-refractivity contribution in [3.05, 3.63) is 30.3 Å². The van der Waals surface area contributed by atoms with E-state index in [0.717, 1.165) is 0 Å². The lowest BCUT2D eigenvalue weighted by molar-refractivity contribution is -0.130. The Hall–Kier alpha value is -2.37. The SMILES string of the molecule is CC(C)N1CC(C(=O)NCC(=O)Nc2ccccc2)CC1=O. The van der Waals surface area contributed by atoms with E-state index in [-0.39, 0.29) is 42.6 Å². The summed E-state index contributed by atoms with van der Waals surface area (Å²) >= 11 is 0. The molecule has 2 rings (SSSR count). The van der Waals surface area contributed by atoms with Gasteiger partial charge in [0.25, 0.3) is 0 Å². The van der Waals surface area contributed by atoms with Crippen molar-refractivity contribution in [2.24, 2.45) is 5.92 Å². The first-order chi connectivity index (χ1) is 10.5. The molecule has 0 saturated carbocycles. The highest BCUT2D eigenvalue weighted by Gasteiger charge is 2.35. The summed E-state index contributed by atoms with van der Waals surface area (Å²) in [4.78, 5) is 37.3. The summed E-state index contributed by atoms with van der Waals surface area (Å²) < 4.78 is 0. The molecular weight excluding hydrogens is 282 g/mol. The molecule has 2 N–H and O–H groups in total. The van der Waals surface area contributed by atoms with Crippen molar-refractivity contribution >= 4 is 23.4 Å². The highest BCUT2D eigenvalue weighted by atomic mass is 16.2. The van der Waals surface area contributed by atoms with Crippen LogP contribution in [-0.4, -0.2) is 41.8 Å². The number of carbonyl (C=O) groups is 3. The molecule has 3 amide bonds. The third kappa shape index (κ3) is 4.07. The van der Waals surface area contributed by atoms with E-state index in [2.05, 4.69) is 10.6 Å². The van der Waals surface area contributed by atoms with Gasteiger partial charge in [0.2, 0.25) is 17.7 Å². The maximum Gasteiger partial charge on any atom is 0.243 e. The number of hydrogen-bond acceptors (Lipinski definition) is 3. The minimum atomic E-state index is -0.376. The van der Waals surface area contributed by atoms with E-state index < -0.39 is 0 Å². The van der Waals surface area contributed by atoms with Crippen molar-refractivity contribution in [2.75, 3.05) is 18.4 Å². The zero-order valence-electron chi connectivity index (χ0n) is 12.8. The molecule has 1 fully saturated rings. The molecule has 0 aromatic heterocycles. The summed E-state index contributed by atoms with van der Waals surface area (Å²) in [5.74, 6) is -0.924. The molecule has 6 nitrogen and oxygen atoms in total. The first-order valence-electron chi connectivity index (χ1n) is 7.39. The maximum absolute atomic E-state index is 12.0. The van der Waals surface area contributed by atoms with E-state index >= 15 is 0 Å². The van der Waals surface area contributed by atoms with Gasteiger partial charge >= 0.3 is 0 Å². The van der Waals surface area contributed by atoms with Crippen LogP contribution in [0.3, 0.4) is 0 Å². The van der Waals surface area contributed by atoms with Crippen molar-refractivity contribution in [2.45, 2.75) is 26.3 Å². The monoisotopic (exact) mass is 303 g/mol. The second kappa shape index (κ2) is 7.06. The van der Waals surface area contributed by atoms with Crippen LogP contribution in [0.5, 0.6) is 0 Å². The van der Waals surface area contributed by atoms with Gasteiger partial charge in [-0.1, -0.05) is 18.2 Å². The topological polar surface area (TPSA) is 78.5 Å². The minimum absolute atomic E-state index is 0.0103. The van der Waals surface area contributed by atoms with Crippen LogP contribution in [0.2, 0.25) is 0 Å². The number of nitrogens with zero attached hydrogens (tertiary/aromatic N) is 1. The number of likely N-dealkylation sites (tertiary alicyclic amines) is 1. The number of carbonyl (C=O) groups excluding carboxylic acids is 3. The fourth-order valence-corrected chi connectivity index (χ4v) is 2.44. The van der Waals surface area contributed by atoms with Crippen molar-refractivity contribution in [3.63, 3.8) is 0 Å². The van der Waals surface area contributed by atoms with Crippen LogP contribution in [0.1, 0.15) is 20.3 Å². The lowest BCUT2D eigenvalue weighted by Crippen LogP contribution is -2.38. The normalized spacial score (nSPS) is 17.7. The second-order valence-corrected chi connectivity index (χ2v) is 5.67. The molecule has 1 heterocycles. The van der Waals surface area contributed by atoms with Gasteiger partial charge < -0.3 is 15.5 Å². The molecule has 1 unspecified atom stereocenters. The number of para-hydroxylation sites is 1. The predicted molar refractivity (Wildman–Crippen MR) is 83.0 cm³/mol. The Morgan fingerprint density at radius 3 is 2.55 bits per heavy atom. The lowest BCUT2D eigenvalue weighted by Gasteiger charge is -2.20. The second-order valence-electron chi connectivity index (χ2n) is 5.67. The number of hydrogen-bond donors (Lipinski definition) is 2. The molecule has 1 aliphatic heterocycles. The van der Waals surface area contributed by atoms with E-state index in [1.807, 2.05) is 32.0 Å². The zero-order chi connectivity index (χ0) is 16.1. The van der Waals surface area contributed by atoms with E-state index in [1.165, 1.54) is 0 Å². The molecule has 118 valence electrons. The molecule has 1 aliphatic rings. The molecule has 1 saturated heterocycles. The van der Waals surface area contributed by atoms with Gasteiger partial charge in [-0.3, -0.25) is 14.4 Å². The number of amides is 3. The van der Waals surface area contributed by atoms with Crippen molar-refractivity contribution < 1.29 is 14.4 Å². The quantitative estimate of drug-likeness (QED) is 0.851. The summed E-state index contributed by atoms with van der Waals surface area (Å²) in [5, 5.41) is 5.29. The predicted octanol–water partition coefficient (Wildman–Crippen LogP) is 0.998. The largest absolute Gasteiger partial charge is 0.347 e. The molecule has 1 atom stereocenters. The van der Waals surface area contributed by atoms with Crippen LogP contribution < -0.4 is 10.6 Å². The zero-order valence-corrected chi connectivity index (χ0v) is 12.8. The summed E-state index contributed by atoms with van der Waals surface area (Å²) in [7, 11) is 0. The summed E-state index contributed by atoms with van der Waals surface area (Å²) in [6.07, 6.45) is 0.213. The highest BCUT2D eigenvalue weighted by molar-refractivity contribution is 5.96. The molecule has 1 aromatic carbocycles. The average molecular weight is 303 g/mol. The van der Waals surface area contributed by atoms with Gasteiger partial charge in [0.1, 0.15) is 0 Å². The Balaban J connectivity index is 1.78. The van der Waals surface area contributed by atoms with Crippen molar-refractivity contribution in [1.82, 2.24) is 10.2 Å². The fourth-order valence-electron chi connectivity index (χ4n) is 2.44. The molecule has 22 heavy (non-hydrogen) atoms. The van der Waals surface area contributed by atoms with Crippen LogP contribution in [0.15, 0.2) is 30.3 Å². The first kappa shape index (κ1) is 16.0. The van der Waals surface area contributed by atoms with E-state index in [0.29, 0.717) is 12.2 Å². The smallest absolute Gasteiger partial charge is 0.243 e. The number of anilines is 1. The standard InChI is InChI=1S/C16H21N3O3/c1-11(2)19-10-12(8-15(19)21)16(22)17-9-14(20)18-13-6-4-3-5-7-13/h3-7,11-12H,8-10H2,1-2H3,(H,17,22)(H,18,20). The molecule has 6 heteroatoms. The van der Waals surface area contributed by atoms with Gasteiger partial charge in [-0.05, 0) is 26.0 Å². The van der Waals surface area contributed by atoms with Crippen LogP contribution in [-0.2, 0) is 14.4 Å². The van der Waals surface area contributed by atoms with Gasteiger partial charge in [-0.25, -0.2) is 0 Å². The lowest BCUT2D eigenvalue weighted by atomic mass is 10.1. The van der Waals surface area contributed by atoms with Crippen LogP contribution in [0, 0.1) is 5.92 Å². The Morgan fingerprint density at radius 2 is 1.95 bits per heavy atom. The van der Waals surface area contributed by atoms with E-state index in [4.69, 9.17) is 0 Å². The third-order valence-electron chi connectivity index (χ3n) is 3.63. The van der Waals surface area contributed by atoms with Gasteiger partial charge in [0.15, 0.2) is 0 Å². The first-order valence-corrected chi connectivity index (χ1v) is 7.39. The minimum Gasteiger partial charge on any atom is -0.347 e. The summed E-state index contributed by atoms with van der Waals surface area (Å²) in [6.45, 7) is 4.17.